The van der Waals surface area contributed by atoms with Gasteiger partial charge in [-0.1, -0.05) is 22.8 Å². The van der Waals surface area contributed by atoms with Gasteiger partial charge in [0.05, 0.1) is 6.61 Å². The quantitative estimate of drug-likeness (QED) is 0.498. The number of rotatable bonds is 6. The first-order valence-corrected chi connectivity index (χ1v) is 11.5. The lowest BCUT2D eigenvalue weighted by atomic mass is 9.97. The molecule has 0 aliphatic heterocycles. The maximum absolute atomic E-state index is 12.9. The number of thiophene rings is 1. The van der Waals surface area contributed by atoms with Crippen LogP contribution in [0.15, 0.2) is 26.9 Å². The Morgan fingerprint density at radius 1 is 1.27 bits per heavy atom. The first-order chi connectivity index (χ1) is 14.1. The molecule has 1 amide bonds. The van der Waals surface area contributed by atoms with Crippen LogP contribution in [0.4, 0.5) is 11.6 Å². The Morgan fingerprint density at radius 2 is 1.97 bits per heavy atom. The zero-order valence-corrected chi connectivity index (χ0v) is 19.0. The maximum Gasteiger partial charge on any atom is 0.267 e. The number of carbonyl (C=O) groups excluding carboxylic acids is 1. The van der Waals surface area contributed by atoms with Gasteiger partial charge in [0.25, 0.3) is 21.8 Å². The molecular formula is C19H20ClN3O5S2. The number of aromatic nitrogens is 1. The lowest BCUT2D eigenvalue weighted by Crippen LogP contribution is -2.19. The van der Waals surface area contributed by atoms with Crippen LogP contribution in [-0.2, 0) is 16.6 Å². The van der Waals surface area contributed by atoms with Gasteiger partial charge in [-0.15, -0.1) is 11.3 Å². The summed E-state index contributed by atoms with van der Waals surface area (Å²) < 4.78 is 32.8. The predicted molar refractivity (Wildman–Crippen MR) is 116 cm³/mol. The number of nitrogens with zero attached hydrogens (tertiary/aromatic N) is 1. The molecule has 0 unspecified atom stereocenters. The van der Waals surface area contributed by atoms with Crippen LogP contribution in [0, 0.1) is 27.7 Å². The standard InChI is InChI=1S/C19H20ClN3O5S2/c1-9-7-10(2)16(11(3)13(9)8-24)21-18(25)17-14(5-6-29-17)30(26,27)23-19-15(20)12(4)22-28-19/h5-7,23-24H,8H2,1-4H3,(H,21,25). The molecule has 11 heteroatoms. The van der Waals surface area contributed by atoms with E-state index in [9.17, 15) is 18.3 Å². The first kappa shape index (κ1) is 22.3. The highest BCUT2D eigenvalue weighted by Crippen LogP contribution is 2.32. The van der Waals surface area contributed by atoms with Crippen LogP contribution >= 0.6 is 22.9 Å². The second-order valence-electron chi connectivity index (χ2n) is 6.73. The van der Waals surface area contributed by atoms with Gasteiger partial charge in [-0.05, 0) is 61.4 Å². The van der Waals surface area contributed by atoms with Gasteiger partial charge < -0.3 is 14.9 Å². The molecule has 0 aliphatic carbocycles. The highest BCUT2D eigenvalue weighted by molar-refractivity contribution is 7.93. The molecule has 0 fully saturated rings. The minimum Gasteiger partial charge on any atom is -0.392 e. The molecule has 2 aromatic heterocycles. The number of sulfonamides is 1. The average molecular weight is 470 g/mol. The van der Waals surface area contributed by atoms with Crippen LogP contribution in [0.3, 0.4) is 0 Å². The van der Waals surface area contributed by atoms with Crippen molar-refractivity contribution in [3.63, 3.8) is 0 Å². The number of anilines is 2. The largest absolute Gasteiger partial charge is 0.392 e. The highest BCUT2D eigenvalue weighted by Gasteiger charge is 2.27. The van der Waals surface area contributed by atoms with Gasteiger partial charge in [0.1, 0.15) is 20.5 Å². The van der Waals surface area contributed by atoms with E-state index in [1.165, 1.54) is 11.4 Å². The number of hydrogen-bond donors (Lipinski definition) is 3. The van der Waals surface area contributed by atoms with Gasteiger partial charge in [0.15, 0.2) is 0 Å². The summed E-state index contributed by atoms with van der Waals surface area (Å²) in [5, 5.41) is 17.6. The molecule has 0 saturated heterocycles. The van der Waals surface area contributed by atoms with Gasteiger partial charge >= 0.3 is 0 Å². The minimum atomic E-state index is -4.15. The Hall–Kier alpha value is -2.40. The Morgan fingerprint density at radius 3 is 2.57 bits per heavy atom. The van der Waals surface area contributed by atoms with Gasteiger partial charge in [-0.25, -0.2) is 13.1 Å². The number of nitrogens with one attached hydrogen (secondary N) is 2. The molecule has 30 heavy (non-hydrogen) atoms. The molecule has 160 valence electrons. The molecule has 2 heterocycles. The number of carbonyl (C=O) groups is 1. The molecule has 0 aliphatic rings. The van der Waals surface area contributed by atoms with E-state index < -0.39 is 15.9 Å². The molecule has 3 N–H and O–H groups in total. The SMILES string of the molecule is Cc1cc(C)c(NC(=O)c2sccc2S(=O)(=O)Nc2onc(C)c2Cl)c(C)c1CO. The second kappa shape index (κ2) is 8.38. The van der Waals surface area contributed by atoms with Crippen LogP contribution in [0.2, 0.25) is 5.02 Å². The van der Waals surface area contributed by atoms with Crippen molar-refractivity contribution in [3.05, 3.63) is 55.4 Å². The average Bonchev–Trinajstić information content (AvgIpc) is 3.28. The highest BCUT2D eigenvalue weighted by atomic mass is 35.5. The zero-order valence-electron chi connectivity index (χ0n) is 16.7. The first-order valence-electron chi connectivity index (χ1n) is 8.80. The minimum absolute atomic E-state index is 0.000201. The number of aliphatic hydroxyl groups excluding tert-OH is 1. The van der Waals surface area contributed by atoms with Crippen molar-refractivity contribution in [2.75, 3.05) is 10.0 Å². The monoisotopic (exact) mass is 469 g/mol. The van der Waals surface area contributed by atoms with Crippen LogP contribution in [0.25, 0.3) is 0 Å². The van der Waals surface area contributed by atoms with Crippen molar-refractivity contribution in [2.24, 2.45) is 0 Å². The van der Waals surface area contributed by atoms with Crippen molar-refractivity contribution < 1.29 is 22.8 Å². The van der Waals surface area contributed by atoms with E-state index in [0.29, 0.717) is 16.9 Å². The lowest BCUT2D eigenvalue weighted by molar-refractivity contribution is 0.102. The second-order valence-corrected chi connectivity index (χ2v) is 9.68. The van der Waals surface area contributed by atoms with Crippen molar-refractivity contribution in [1.29, 1.82) is 0 Å². The topological polar surface area (TPSA) is 122 Å². The normalized spacial score (nSPS) is 11.5. The fourth-order valence-corrected chi connectivity index (χ4v) is 5.60. The van der Waals surface area contributed by atoms with Gasteiger partial charge in [-0.2, -0.15) is 0 Å². The molecule has 3 rings (SSSR count). The molecule has 0 radical (unpaired) electrons. The summed E-state index contributed by atoms with van der Waals surface area (Å²) in [7, 11) is -4.15. The molecule has 8 nitrogen and oxygen atoms in total. The number of benzene rings is 1. The van der Waals surface area contributed by atoms with Crippen LogP contribution in [-0.4, -0.2) is 24.6 Å². The molecule has 0 atom stereocenters. The Kier molecular flexibility index (Phi) is 6.23. The third-order valence-electron chi connectivity index (χ3n) is 4.67. The van der Waals surface area contributed by atoms with E-state index in [4.69, 9.17) is 16.1 Å². The van der Waals surface area contributed by atoms with Crippen molar-refractivity contribution in [1.82, 2.24) is 5.16 Å². The molecule has 1 aromatic carbocycles. The number of amides is 1. The number of hydrogen-bond acceptors (Lipinski definition) is 7. The lowest BCUT2D eigenvalue weighted by Gasteiger charge is -2.17. The number of halogens is 1. The summed E-state index contributed by atoms with van der Waals surface area (Å²) in [6.45, 7) is 6.91. The third kappa shape index (κ3) is 4.08. The van der Waals surface area contributed by atoms with Crippen molar-refractivity contribution in [3.8, 4) is 0 Å². The number of aliphatic hydroxyl groups is 1. The summed E-state index contributed by atoms with van der Waals surface area (Å²) in [6, 6.07) is 3.18. The summed E-state index contributed by atoms with van der Waals surface area (Å²) in [5.74, 6) is -0.797. The van der Waals surface area contributed by atoms with Crippen LogP contribution in [0.1, 0.15) is 37.6 Å². The Balaban J connectivity index is 1.94. The summed E-state index contributed by atoms with van der Waals surface area (Å²) in [5.41, 5.74) is 4.03. The summed E-state index contributed by atoms with van der Waals surface area (Å²) in [4.78, 5) is 12.7. The molecule has 0 bridgehead atoms. The smallest absolute Gasteiger partial charge is 0.267 e. The van der Waals surface area contributed by atoms with E-state index in [1.54, 1.807) is 13.8 Å². The van der Waals surface area contributed by atoms with Crippen LogP contribution < -0.4 is 10.0 Å². The fourth-order valence-electron chi connectivity index (χ4n) is 3.11. The third-order valence-corrected chi connectivity index (χ3v) is 7.53. The summed E-state index contributed by atoms with van der Waals surface area (Å²) in [6.07, 6.45) is 0. The van der Waals surface area contributed by atoms with E-state index in [-0.39, 0.29) is 27.3 Å². The van der Waals surface area contributed by atoms with Gasteiger partial charge in [0, 0.05) is 5.69 Å². The zero-order chi connectivity index (χ0) is 22.2. The van der Waals surface area contributed by atoms with Crippen LogP contribution in [0.5, 0.6) is 0 Å². The number of aryl methyl sites for hydroxylation is 3. The van der Waals surface area contributed by atoms with E-state index in [2.05, 4.69) is 15.2 Å². The Labute approximate surface area is 182 Å². The van der Waals surface area contributed by atoms with E-state index in [0.717, 1.165) is 28.0 Å². The van der Waals surface area contributed by atoms with Gasteiger partial charge in [-0.3, -0.25) is 4.79 Å². The van der Waals surface area contributed by atoms with E-state index >= 15 is 0 Å². The van der Waals surface area contributed by atoms with E-state index in [1.807, 2.05) is 19.9 Å². The molecule has 0 spiro atoms. The van der Waals surface area contributed by atoms with Crippen molar-refractivity contribution in [2.45, 2.75) is 39.2 Å². The predicted octanol–water partition coefficient (Wildman–Crippen LogP) is 4.17. The molecule has 3 aromatic rings. The maximum atomic E-state index is 12.9. The fraction of sp³-hybridized carbons (Fsp3) is 0.263. The van der Waals surface area contributed by atoms with Crippen molar-refractivity contribution >= 4 is 50.4 Å². The Bertz CT molecular complexity index is 1230. The molecule has 0 saturated carbocycles. The summed E-state index contributed by atoms with van der Waals surface area (Å²) >= 11 is 6.97. The van der Waals surface area contributed by atoms with Gasteiger partial charge in [0.2, 0.25) is 0 Å². The molecular weight excluding hydrogens is 450 g/mol.